The zero-order valence-electron chi connectivity index (χ0n) is 15.9. The molecule has 0 spiro atoms. The molecule has 0 unspecified atom stereocenters. The van der Waals surface area contributed by atoms with Crippen LogP contribution in [0.15, 0.2) is 24.3 Å². The minimum atomic E-state index is -0.914. The first-order chi connectivity index (χ1) is 12.6. The van der Waals surface area contributed by atoms with E-state index in [-0.39, 0.29) is 12.2 Å². The molecular weight excluding hydrogens is 350 g/mol. The highest BCUT2D eigenvalue weighted by Gasteiger charge is 2.37. The van der Waals surface area contributed by atoms with Gasteiger partial charge in [-0.3, -0.25) is 14.5 Å². The number of rotatable bonds is 5. The van der Waals surface area contributed by atoms with Crippen LogP contribution < -0.4 is 11.1 Å². The van der Waals surface area contributed by atoms with Crippen molar-refractivity contribution in [3.63, 3.8) is 0 Å². The van der Waals surface area contributed by atoms with E-state index in [1.807, 2.05) is 0 Å². The molecule has 3 amide bonds. The third-order valence-corrected chi connectivity index (χ3v) is 4.22. The highest BCUT2D eigenvalue weighted by Crippen LogP contribution is 2.21. The zero-order chi connectivity index (χ0) is 20.2. The van der Waals surface area contributed by atoms with Gasteiger partial charge < -0.3 is 20.9 Å². The SMILES string of the molecule is CC(C)(C)OC(=O)N1CCC[C@@H]1C(=O)N[C@@H](Cc1ccc(O)cc1)C(N)=O. The number of carbonyl (C=O) groups is 3. The third kappa shape index (κ3) is 5.87. The number of nitrogens with one attached hydrogen (secondary N) is 1. The lowest BCUT2D eigenvalue weighted by molar-refractivity contribution is -0.130. The van der Waals surface area contributed by atoms with Crippen LogP contribution in [0.5, 0.6) is 5.75 Å². The molecule has 1 saturated heterocycles. The predicted octanol–water partition coefficient (Wildman–Crippen LogP) is 1.30. The van der Waals surface area contributed by atoms with Gasteiger partial charge in [-0.05, 0) is 51.3 Å². The van der Waals surface area contributed by atoms with Gasteiger partial charge in [0.05, 0.1) is 0 Å². The van der Waals surface area contributed by atoms with E-state index in [1.165, 1.54) is 17.0 Å². The average molecular weight is 377 g/mol. The summed E-state index contributed by atoms with van der Waals surface area (Å²) in [5.41, 5.74) is 5.52. The molecule has 1 aromatic carbocycles. The first-order valence-corrected chi connectivity index (χ1v) is 8.94. The van der Waals surface area contributed by atoms with Crippen LogP contribution in [0.1, 0.15) is 39.2 Å². The molecule has 1 fully saturated rings. The lowest BCUT2D eigenvalue weighted by atomic mass is 10.0. The first-order valence-electron chi connectivity index (χ1n) is 8.94. The van der Waals surface area contributed by atoms with Crippen molar-refractivity contribution >= 4 is 17.9 Å². The van der Waals surface area contributed by atoms with E-state index in [1.54, 1.807) is 32.9 Å². The number of primary amides is 1. The Bertz CT molecular complexity index is 696. The van der Waals surface area contributed by atoms with E-state index in [4.69, 9.17) is 10.5 Å². The van der Waals surface area contributed by atoms with E-state index in [0.717, 1.165) is 5.56 Å². The van der Waals surface area contributed by atoms with Gasteiger partial charge in [0.15, 0.2) is 0 Å². The van der Waals surface area contributed by atoms with Gasteiger partial charge >= 0.3 is 6.09 Å². The number of phenolic OH excluding ortho intramolecular Hbond substituents is 1. The van der Waals surface area contributed by atoms with Crippen LogP contribution in [0.3, 0.4) is 0 Å². The Balaban J connectivity index is 2.04. The second kappa shape index (κ2) is 8.28. The van der Waals surface area contributed by atoms with Crippen LogP contribution in [-0.2, 0) is 20.7 Å². The molecule has 1 aromatic rings. The smallest absolute Gasteiger partial charge is 0.410 e. The number of hydrogen-bond acceptors (Lipinski definition) is 5. The van der Waals surface area contributed by atoms with Gasteiger partial charge in [-0.2, -0.15) is 0 Å². The Morgan fingerprint density at radius 3 is 2.48 bits per heavy atom. The maximum absolute atomic E-state index is 12.7. The molecule has 1 aliphatic heterocycles. The monoisotopic (exact) mass is 377 g/mol. The molecule has 0 bridgehead atoms. The van der Waals surface area contributed by atoms with E-state index in [0.29, 0.717) is 19.4 Å². The van der Waals surface area contributed by atoms with Crippen LogP contribution in [0.2, 0.25) is 0 Å². The van der Waals surface area contributed by atoms with Crippen molar-refractivity contribution in [3.8, 4) is 5.75 Å². The van der Waals surface area contributed by atoms with Gasteiger partial charge in [0.25, 0.3) is 0 Å². The number of aromatic hydroxyl groups is 1. The second-order valence-corrected chi connectivity index (χ2v) is 7.67. The standard InChI is InChI=1S/C19H27N3O5/c1-19(2,3)27-18(26)22-10-4-5-15(22)17(25)21-14(16(20)24)11-12-6-8-13(23)9-7-12/h6-9,14-15,23H,4-5,10-11H2,1-3H3,(H2,20,24)(H,21,25)/t14-,15+/m0/s1. The maximum atomic E-state index is 12.7. The second-order valence-electron chi connectivity index (χ2n) is 7.67. The summed E-state index contributed by atoms with van der Waals surface area (Å²) in [6.07, 6.45) is 0.821. The number of ether oxygens (including phenoxy) is 1. The number of benzene rings is 1. The minimum Gasteiger partial charge on any atom is -0.508 e. The lowest BCUT2D eigenvalue weighted by Gasteiger charge is -2.28. The summed E-state index contributed by atoms with van der Waals surface area (Å²) in [7, 11) is 0. The van der Waals surface area contributed by atoms with Crippen LogP contribution in [-0.4, -0.2) is 52.1 Å². The van der Waals surface area contributed by atoms with Crippen molar-refractivity contribution in [2.75, 3.05) is 6.54 Å². The largest absolute Gasteiger partial charge is 0.508 e. The number of nitrogens with two attached hydrogens (primary N) is 1. The van der Waals surface area contributed by atoms with Crippen molar-refractivity contribution in [2.45, 2.75) is 57.7 Å². The van der Waals surface area contributed by atoms with Crippen molar-refractivity contribution < 1.29 is 24.2 Å². The number of amides is 3. The molecule has 148 valence electrons. The lowest BCUT2D eigenvalue weighted by Crippen LogP contribution is -2.53. The van der Waals surface area contributed by atoms with Gasteiger partial charge in [-0.15, -0.1) is 0 Å². The summed E-state index contributed by atoms with van der Waals surface area (Å²) in [4.78, 5) is 38.2. The Morgan fingerprint density at radius 2 is 1.93 bits per heavy atom. The molecule has 8 heteroatoms. The molecule has 2 rings (SSSR count). The molecule has 27 heavy (non-hydrogen) atoms. The number of hydrogen-bond donors (Lipinski definition) is 3. The fraction of sp³-hybridized carbons (Fsp3) is 0.526. The van der Waals surface area contributed by atoms with E-state index < -0.39 is 35.6 Å². The molecule has 0 aliphatic carbocycles. The van der Waals surface area contributed by atoms with Crippen molar-refractivity contribution in [2.24, 2.45) is 5.73 Å². The average Bonchev–Trinajstić information content (AvgIpc) is 3.04. The van der Waals surface area contributed by atoms with Crippen LogP contribution >= 0.6 is 0 Å². The van der Waals surface area contributed by atoms with Gasteiger partial charge in [0.1, 0.15) is 23.4 Å². The van der Waals surface area contributed by atoms with Crippen molar-refractivity contribution in [1.82, 2.24) is 10.2 Å². The molecule has 4 N–H and O–H groups in total. The summed E-state index contributed by atoms with van der Waals surface area (Å²) in [6, 6.07) is 4.69. The zero-order valence-corrected chi connectivity index (χ0v) is 15.9. The summed E-state index contributed by atoms with van der Waals surface area (Å²) in [6.45, 7) is 5.71. The summed E-state index contributed by atoms with van der Waals surface area (Å²) in [5, 5.41) is 12.0. The topological polar surface area (TPSA) is 122 Å². The Morgan fingerprint density at radius 1 is 1.30 bits per heavy atom. The van der Waals surface area contributed by atoms with E-state index >= 15 is 0 Å². The van der Waals surface area contributed by atoms with Gasteiger partial charge in [-0.25, -0.2) is 4.79 Å². The van der Waals surface area contributed by atoms with Crippen molar-refractivity contribution in [1.29, 1.82) is 0 Å². The Labute approximate surface area is 158 Å². The van der Waals surface area contributed by atoms with Crippen LogP contribution in [0.4, 0.5) is 4.79 Å². The summed E-state index contributed by atoms with van der Waals surface area (Å²) in [5.74, 6) is -0.989. The fourth-order valence-corrected chi connectivity index (χ4v) is 2.94. The van der Waals surface area contributed by atoms with Gasteiger partial charge in [-0.1, -0.05) is 12.1 Å². The van der Waals surface area contributed by atoms with Gasteiger partial charge in [0, 0.05) is 13.0 Å². The molecule has 0 saturated carbocycles. The fourth-order valence-electron chi connectivity index (χ4n) is 2.94. The highest BCUT2D eigenvalue weighted by molar-refractivity contribution is 5.91. The van der Waals surface area contributed by atoms with Gasteiger partial charge in [0.2, 0.25) is 11.8 Å². The van der Waals surface area contributed by atoms with Crippen molar-refractivity contribution in [3.05, 3.63) is 29.8 Å². The van der Waals surface area contributed by atoms with Crippen LogP contribution in [0.25, 0.3) is 0 Å². The van der Waals surface area contributed by atoms with E-state index in [2.05, 4.69) is 5.32 Å². The molecule has 0 radical (unpaired) electrons. The summed E-state index contributed by atoms with van der Waals surface area (Å²) >= 11 is 0. The third-order valence-electron chi connectivity index (χ3n) is 4.22. The molecule has 1 heterocycles. The minimum absolute atomic E-state index is 0.109. The number of likely N-dealkylation sites (tertiary alicyclic amines) is 1. The normalized spacial score (nSPS) is 18.0. The highest BCUT2D eigenvalue weighted by atomic mass is 16.6. The maximum Gasteiger partial charge on any atom is 0.410 e. The molecule has 8 nitrogen and oxygen atoms in total. The Kier molecular flexibility index (Phi) is 6.30. The number of carbonyl (C=O) groups excluding carboxylic acids is 3. The number of nitrogens with zero attached hydrogens (tertiary/aromatic N) is 1. The van der Waals surface area contributed by atoms with E-state index in [9.17, 15) is 19.5 Å². The predicted molar refractivity (Wildman–Crippen MR) is 98.9 cm³/mol. The molecular formula is C19H27N3O5. The first kappa shape index (κ1) is 20.5. The molecule has 0 aromatic heterocycles. The molecule has 1 aliphatic rings. The molecule has 2 atom stereocenters. The number of phenols is 1. The summed E-state index contributed by atoms with van der Waals surface area (Å²) < 4.78 is 5.35. The van der Waals surface area contributed by atoms with Crippen LogP contribution in [0, 0.1) is 0 Å². The Hall–Kier alpha value is -2.77. The quantitative estimate of drug-likeness (QED) is 0.714.